The molecule has 5 nitrogen and oxygen atoms in total. The molecule has 0 fully saturated rings. The van der Waals surface area contributed by atoms with Gasteiger partial charge in [0.25, 0.3) is 0 Å². The van der Waals surface area contributed by atoms with E-state index in [1.165, 1.54) is 6.33 Å². The van der Waals surface area contributed by atoms with Gasteiger partial charge in [0.2, 0.25) is 0 Å². The van der Waals surface area contributed by atoms with Gasteiger partial charge in [-0.05, 0) is 12.5 Å². The highest BCUT2D eigenvalue weighted by Gasteiger charge is 2.15. The van der Waals surface area contributed by atoms with Gasteiger partial charge in [-0.2, -0.15) is 5.10 Å². The lowest BCUT2D eigenvalue weighted by atomic mass is 10.2. The predicted molar refractivity (Wildman–Crippen MR) is 65.1 cm³/mol. The standard InChI is InChI=1S/C11H13ClN4O/c1-3-6-16-8(4-5-15-16)9-10(17-2)11(12)14-7-13-9/h4-5,7H,3,6H2,1-2H3. The van der Waals surface area contributed by atoms with E-state index in [1.54, 1.807) is 13.3 Å². The second-order valence-electron chi connectivity index (χ2n) is 3.49. The van der Waals surface area contributed by atoms with Crippen LogP contribution in [0.4, 0.5) is 0 Å². The molecule has 2 heterocycles. The Labute approximate surface area is 104 Å². The van der Waals surface area contributed by atoms with Crippen LogP contribution in [0.15, 0.2) is 18.6 Å². The fraction of sp³-hybridized carbons (Fsp3) is 0.364. The molecule has 2 aromatic heterocycles. The van der Waals surface area contributed by atoms with Gasteiger partial charge in [0.15, 0.2) is 10.9 Å². The molecule has 6 heteroatoms. The number of rotatable bonds is 4. The van der Waals surface area contributed by atoms with E-state index in [4.69, 9.17) is 16.3 Å². The summed E-state index contributed by atoms with van der Waals surface area (Å²) in [4.78, 5) is 8.11. The van der Waals surface area contributed by atoms with Gasteiger partial charge in [-0.15, -0.1) is 0 Å². The largest absolute Gasteiger partial charge is 0.491 e. The van der Waals surface area contributed by atoms with E-state index >= 15 is 0 Å². The molecule has 2 rings (SSSR count). The second-order valence-corrected chi connectivity index (χ2v) is 3.84. The highest BCUT2D eigenvalue weighted by atomic mass is 35.5. The Balaban J connectivity index is 2.52. The molecule has 0 saturated heterocycles. The molecule has 90 valence electrons. The Morgan fingerprint density at radius 1 is 1.41 bits per heavy atom. The number of aryl methyl sites for hydroxylation is 1. The minimum atomic E-state index is 0.307. The molecule has 0 unspecified atom stereocenters. The van der Waals surface area contributed by atoms with E-state index in [2.05, 4.69) is 22.0 Å². The Bertz CT molecular complexity index is 512. The van der Waals surface area contributed by atoms with Crippen molar-refractivity contribution in [2.24, 2.45) is 0 Å². The number of aromatic nitrogens is 4. The summed E-state index contributed by atoms with van der Waals surface area (Å²) in [6.07, 6.45) is 4.15. The topological polar surface area (TPSA) is 52.8 Å². The fourth-order valence-corrected chi connectivity index (χ4v) is 1.85. The molecule has 0 radical (unpaired) electrons. The highest BCUT2D eigenvalue weighted by molar-refractivity contribution is 6.31. The van der Waals surface area contributed by atoms with Crippen molar-refractivity contribution in [1.82, 2.24) is 19.7 Å². The van der Waals surface area contributed by atoms with Crippen molar-refractivity contribution in [3.63, 3.8) is 0 Å². The summed E-state index contributed by atoms with van der Waals surface area (Å²) in [6, 6.07) is 1.89. The van der Waals surface area contributed by atoms with Crippen LogP contribution in [0.5, 0.6) is 5.75 Å². The minimum absolute atomic E-state index is 0.307. The van der Waals surface area contributed by atoms with Crippen molar-refractivity contribution >= 4 is 11.6 Å². The van der Waals surface area contributed by atoms with Crippen LogP contribution in [0.2, 0.25) is 5.15 Å². The van der Waals surface area contributed by atoms with Gasteiger partial charge in [0.05, 0.1) is 12.8 Å². The van der Waals surface area contributed by atoms with E-state index in [0.717, 1.165) is 18.7 Å². The summed E-state index contributed by atoms with van der Waals surface area (Å²) < 4.78 is 7.11. The van der Waals surface area contributed by atoms with Crippen LogP contribution in [-0.2, 0) is 6.54 Å². The summed E-state index contributed by atoms with van der Waals surface area (Å²) in [7, 11) is 1.55. The van der Waals surface area contributed by atoms with Crippen molar-refractivity contribution < 1.29 is 4.74 Å². The van der Waals surface area contributed by atoms with E-state index < -0.39 is 0 Å². The normalized spacial score (nSPS) is 10.5. The average molecular weight is 253 g/mol. The number of halogens is 1. The molecule has 0 bridgehead atoms. The van der Waals surface area contributed by atoms with Gasteiger partial charge < -0.3 is 4.74 Å². The first kappa shape index (κ1) is 11.9. The SMILES string of the molecule is CCCn1nccc1-c1ncnc(Cl)c1OC. The molecule has 0 aliphatic carbocycles. The van der Waals surface area contributed by atoms with Gasteiger partial charge >= 0.3 is 0 Å². The monoisotopic (exact) mass is 252 g/mol. The van der Waals surface area contributed by atoms with Crippen molar-refractivity contribution in [3.05, 3.63) is 23.7 Å². The molecule has 0 spiro atoms. The first-order chi connectivity index (χ1) is 8.27. The molecule has 0 atom stereocenters. The summed E-state index contributed by atoms with van der Waals surface area (Å²) in [5, 5.41) is 4.55. The lowest BCUT2D eigenvalue weighted by molar-refractivity contribution is 0.412. The molecule has 0 aromatic carbocycles. The number of hydrogen-bond donors (Lipinski definition) is 0. The molecule has 0 amide bonds. The van der Waals surface area contributed by atoms with Crippen LogP contribution in [0.1, 0.15) is 13.3 Å². The third-order valence-corrected chi connectivity index (χ3v) is 2.63. The van der Waals surface area contributed by atoms with Crippen molar-refractivity contribution in [1.29, 1.82) is 0 Å². The lowest BCUT2D eigenvalue weighted by Gasteiger charge is -2.09. The third kappa shape index (κ3) is 2.24. The van der Waals surface area contributed by atoms with Gasteiger partial charge in [0.1, 0.15) is 12.0 Å². The predicted octanol–water partition coefficient (Wildman–Crippen LogP) is 2.41. The second kappa shape index (κ2) is 5.14. The van der Waals surface area contributed by atoms with Gasteiger partial charge in [-0.3, -0.25) is 4.68 Å². The smallest absolute Gasteiger partial charge is 0.184 e. The van der Waals surface area contributed by atoms with Crippen LogP contribution in [0.3, 0.4) is 0 Å². The number of ether oxygens (including phenoxy) is 1. The molecule has 0 aliphatic rings. The Morgan fingerprint density at radius 2 is 2.24 bits per heavy atom. The van der Waals surface area contributed by atoms with E-state index in [9.17, 15) is 0 Å². The zero-order chi connectivity index (χ0) is 12.3. The summed E-state index contributed by atoms with van der Waals surface area (Å²) in [5.41, 5.74) is 1.55. The van der Waals surface area contributed by atoms with E-state index in [-0.39, 0.29) is 0 Å². The molecular weight excluding hydrogens is 240 g/mol. The highest BCUT2D eigenvalue weighted by Crippen LogP contribution is 2.32. The first-order valence-corrected chi connectivity index (χ1v) is 5.72. The van der Waals surface area contributed by atoms with Crippen LogP contribution >= 0.6 is 11.6 Å². The van der Waals surface area contributed by atoms with Gasteiger partial charge in [-0.25, -0.2) is 9.97 Å². The van der Waals surface area contributed by atoms with Crippen molar-refractivity contribution in [2.45, 2.75) is 19.9 Å². The third-order valence-electron chi connectivity index (χ3n) is 2.36. The average Bonchev–Trinajstić information content (AvgIpc) is 2.77. The zero-order valence-electron chi connectivity index (χ0n) is 9.72. The maximum absolute atomic E-state index is 5.97. The van der Waals surface area contributed by atoms with Crippen LogP contribution < -0.4 is 4.74 Å². The van der Waals surface area contributed by atoms with Crippen molar-refractivity contribution in [2.75, 3.05) is 7.11 Å². The number of hydrogen-bond acceptors (Lipinski definition) is 4. The van der Waals surface area contributed by atoms with Crippen LogP contribution in [0.25, 0.3) is 11.4 Å². The van der Waals surface area contributed by atoms with Gasteiger partial charge in [-0.1, -0.05) is 18.5 Å². The quantitative estimate of drug-likeness (QED) is 0.784. The van der Waals surface area contributed by atoms with Gasteiger partial charge in [0, 0.05) is 12.7 Å². The molecule has 17 heavy (non-hydrogen) atoms. The fourth-order valence-electron chi connectivity index (χ4n) is 1.64. The number of methoxy groups -OCH3 is 1. The Hall–Kier alpha value is -1.62. The Kier molecular flexibility index (Phi) is 3.58. The maximum atomic E-state index is 5.97. The molecular formula is C11H13ClN4O. The lowest BCUT2D eigenvalue weighted by Crippen LogP contribution is -2.03. The van der Waals surface area contributed by atoms with Crippen LogP contribution in [-0.4, -0.2) is 26.9 Å². The zero-order valence-corrected chi connectivity index (χ0v) is 10.5. The van der Waals surface area contributed by atoms with Crippen LogP contribution in [0, 0.1) is 0 Å². The Morgan fingerprint density at radius 3 is 2.94 bits per heavy atom. The van der Waals surface area contributed by atoms with E-state index in [1.807, 2.05) is 10.7 Å². The molecule has 0 saturated carbocycles. The molecule has 2 aromatic rings. The van der Waals surface area contributed by atoms with E-state index in [0.29, 0.717) is 16.6 Å². The summed E-state index contributed by atoms with van der Waals surface area (Å²) in [6.45, 7) is 2.92. The molecule has 0 aliphatic heterocycles. The molecule has 0 N–H and O–H groups in total. The number of nitrogens with zero attached hydrogens (tertiary/aromatic N) is 4. The minimum Gasteiger partial charge on any atom is -0.491 e. The first-order valence-electron chi connectivity index (χ1n) is 5.34. The van der Waals surface area contributed by atoms with Crippen molar-refractivity contribution in [3.8, 4) is 17.1 Å². The summed E-state index contributed by atoms with van der Waals surface area (Å²) in [5.74, 6) is 0.479. The summed E-state index contributed by atoms with van der Waals surface area (Å²) >= 11 is 5.97. The maximum Gasteiger partial charge on any atom is 0.184 e.